The SMILES string of the molecule is C=C1C[C@H]2[C@@H]3C=C(F)C4=CC(=O)C=C[C@]4(C)[C@@]3(Cl)C(O)C[C@]2(C)[C@@]1(O)C(=O)CO. The summed E-state index contributed by atoms with van der Waals surface area (Å²) in [5.74, 6) is -2.98. The lowest BCUT2D eigenvalue weighted by atomic mass is 9.47. The van der Waals surface area contributed by atoms with Gasteiger partial charge in [-0.2, -0.15) is 0 Å². The molecule has 0 spiro atoms. The first-order valence-electron chi connectivity index (χ1n) is 9.62. The summed E-state index contributed by atoms with van der Waals surface area (Å²) in [6, 6.07) is 0. The Labute approximate surface area is 173 Å². The van der Waals surface area contributed by atoms with Gasteiger partial charge < -0.3 is 15.3 Å². The van der Waals surface area contributed by atoms with Crippen LogP contribution in [0.25, 0.3) is 0 Å². The second kappa shape index (κ2) is 5.97. The van der Waals surface area contributed by atoms with Crippen LogP contribution < -0.4 is 0 Å². The molecule has 0 aromatic carbocycles. The number of carbonyl (C=O) groups excluding carboxylic acids is 2. The molecule has 156 valence electrons. The van der Waals surface area contributed by atoms with Gasteiger partial charge in [-0.15, -0.1) is 11.6 Å². The summed E-state index contributed by atoms with van der Waals surface area (Å²) in [4.78, 5) is 23.0. The topological polar surface area (TPSA) is 94.8 Å². The summed E-state index contributed by atoms with van der Waals surface area (Å²) in [5.41, 5.74) is -4.03. The van der Waals surface area contributed by atoms with Crippen molar-refractivity contribution in [1.82, 2.24) is 0 Å². The minimum absolute atomic E-state index is 0.0426. The fourth-order valence-electron chi connectivity index (χ4n) is 6.34. The van der Waals surface area contributed by atoms with Crippen molar-refractivity contribution in [3.63, 3.8) is 0 Å². The number of carbonyl (C=O) groups is 2. The van der Waals surface area contributed by atoms with Crippen molar-refractivity contribution < 1.29 is 29.3 Å². The van der Waals surface area contributed by atoms with Gasteiger partial charge in [0, 0.05) is 22.3 Å². The largest absolute Gasteiger partial charge is 0.391 e. The predicted molar refractivity (Wildman–Crippen MR) is 105 cm³/mol. The summed E-state index contributed by atoms with van der Waals surface area (Å²) >= 11 is 7.13. The zero-order valence-electron chi connectivity index (χ0n) is 16.3. The number of aliphatic hydroxyl groups excluding tert-OH is 2. The number of hydrogen-bond donors (Lipinski definition) is 3. The number of aliphatic hydroxyl groups is 3. The molecule has 0 heterocycles. The van der Waals surface area contributed by atoms with Crippen LogP contribution in [0.4, 0.5) is 4.39 Å². The average molecular weight is 423 g/mol. The molecule has 5 nitrogen and oxygen atoms in total. The molecule has 2 fully saturated rings. The molecule has 7 heteroatoms. The van der Waals surface area contributed by atoms with Crippen LogP contribution in [-0.2, 0) is 9.59 Å². The Balaban J connectivity index is 1.94. The van der Waals surface area contributed by atoms with Crippen molar-refractivity contribution in [2.45, 2.75) is 43.3 Å². The van der Waals surface area contributed by atoms with Gasteiger partial charge in [-0.25, -0.2) is 4.39 Å². The Morgan fingerprint density at radius 3 is 2.69 bits per heavy atom. The van der Waals surface area contributed by atoms with Gasteiger partial charge in [0.15, 0.2) is 17.2 Å². The number of allylic oxidation sites excluding steroid dienone is 6. The van der Waals surface area contributed by atoms with E-state index >= 15 is 4.39 Å². The number of fused-ring (bicyclic) bond motifs is 5. The molecule has 0 aromatic rings. The number of halogens is 2. The Morgan fingerprint density at radius 2 is 2.07 bits per heavy atom. The Morgan fingerprint density at radius 1 is 1.41 bits per heavy atom. The lowest BCUT2D eigenvalue weighted by Crippen LogP contribution is -2.68. The first kappa shape index (κ1) is 20.7. The van der Waals surface area contributed by atoms with Crippen molar-refractivity contribution in [3.05, 3.63) is 47.9 Å². The summed E-state index contributed by atoms with van der Waals surface area (Å²) in [6.07, 6.45) is 4.30. The van der Waals surface area contributed by atoms with Crippen LogP contribution in [0.15, 0.2) is 47.9 Å². The monoisotopic (exact) mass is 422 g/mol. The molecule has 2 saturated carbocycles. The Kier molecular flexibility index (Phi) is 4.26. The van der Waals surface area contributed by atoms with Crippen molar-refractivity contribution in [3.8, 4) is 0 Å². The number of alkyl halides is 1. The summed E-state index contributed by atoms with van der Waals surface area (Å²) in [7, 11) is 0. The van der Waals surface area contributed by atoms with E-state index in [4.69, 9.17) is 11.6 Å². The van der Waals surface area contributed by atoms with E-state index in [0.29, 0.717) is 0 Å². The molecule has 29 heavy (non-hydrogen) atoms. The van der Waals surface area contributed by atoms with E-state index in [-0.39, 0.29) is 29.8 Å². The van der Waals surface area contributed by atoms with Crippen molar-refractivity contribution in [2.75, 3.05) is 6.61 Å². The van der Waals surface area contributed by atoms with Crippen LogP contribution in [0.2, 0.25) is 0 Å². The highest BCUT2D eigenvalue weighted by Crippen LogP contribution is 2.70. The molecule has 4 aliphatic carbocycles. The number of rotatable bonds is 2. The van der Waals surface area contributed by atoms with E-state index in [9.17, 15) is 24.9 Å². The van der Waals surface area contributed by atoms with Crippen molar-refractivity contribution in [2.24, 2.45) is 22.7 Å². The second-order valence-corrected chi connectivity index (χ2v) is 9.77. The van der Waals surface area contributed by atoms with Crippen LogP contribution in [0.3, 0.4) is 0 Å². The molecule has 4 rings (SSSR count). The van der Waals surface area contributed by atoms with Crippen molar-refractivity contribution in [1.29, 1.82) is 0 Å². The molecular weight excluding hydrogens is 399 g/mol. The standard InChI is InChI=1S/C22H24ClFO5/c1-11-6-13-14-8-16(24)15-7-12(26)4-5-19(15,2)21(14,23)17(27)9-20(13,3)22(11,29)18(28)10-25/h4-5,7-8,13-14,17,25,27,29H,1,6,9-10H2,2-3H3/t13-,14-,17?,19-,20-,21-,22-/m0/s1. The first-order chi connectivity index (χ1) is 13.4. The minimum atomic E-state index is -2.04. The first-order valence-corrected chi connectivity index (χ1v) is 10.0. The minimum Gasteiger partial charge on any atom is -0.391 e. The van der Waals surface area contributed by atoms with E-state index in [1.807, 2.05) is 0 Å². The maximum atomic E-state index is 15.2. The molecule has 4 aliphatic rings. The molecule has 0 aromatic heterocycles. The molecule has 0 bridgehead atoms. The summed E-state index contributed by atoms with van der Waals surface area (Å²) in [5, 5.41) is 32.0. The maximum absolute atomic E-state index is 15.2. The van der Waals surface area contributed by atoms with Gasteiger partial charge in [0.05, 0.1) is 11.0 Å². The van der Waals surface area contributed by atoms with Gasteiger partial charge in [-0.3, -0.25) is 9.59 Å². The van der Waals surface area contributed by atoms with Gasteiger partial charge in [0.25, 0.3) is 0 Å². The lowest BCUT2D eigenvalue weighted by Gasteiger charge is -2.62. The quantitative estimate of drug-likeness (QED) is 0.468. The fraction of sp³-hybridized carbons (Fsp3) is 0.545. The predicted octanol–water partition coefficient (Wildman–Crippen LogP) is 2.16. The van der Waals surface area contributed by atoms with Gasteiger partial charge in [0.2, 0.25) is 0 Å². The lowest BCUT2D eigenvalue weighted by molar-refractivity contribution is -0.163. The summed E-state index contributed by atoms with van der Waals surface area (Å²) in [6.45, 7) is 6.34. The maximum Gasteiger partial charge on any atom is 0.194 e. The zero-order valence-corrected chi connectivity index (χ0v) is 17.0. The summed E-state index contributed by atoms with van der Waals surface area (Å²) < 4.78 is 15.2. The molecule has 0 amide bonds. The molecule has 0 radical (unpaired) electrons. The number of hydrogen-bond acceptors (Lipinski definition) is 5. The van der Waals surface area contributed by atoms with E-state index in [2.05, 4.69) is 6.58 Å². The Hall–Kier alpha value is -1.60. The number of Topliss-reactive ketones (excluding diaryl/α,β-unsaturated/α-hetero) is 1. The molecule has 3 N–H and O–H groups in total. The fourth-order valence-corrected chi connectivity index (χ4v) is 6.79. The van der Waals surface area contributed by atoms with Crippen LogP contribution >= 0.6 is 11.6 Å². The third-order valence-corrected chi connectivity index (χ3v) is 8.89. The zero-order chi connectivity index (χ0) is 21.6. The molecule has 1 unspecified atom stereocenters. The molecule has 7 atom stereocenters. The van der Waals surface area contributed by atoms with Gasteiger partial charge >= 0.3 is 0 Å². The highest BCUT2D eigenvalue weighted by molar-refractivity contribution is 6.26. The molecular formula is C22H24ClFO5. The Bertz CT molecular complexity index is 937. The average Bonchev–Trinajstić information content (AvgIpc) is 2.86. The van der Waals surface area contributed by atoms with Crippen LogP contribution in [-0.4, -0.2) is 50.1 Å². The highest BCUT2D eigenvalue weighted by atomic mass is 35.5. The van der Waals surface area contributed by atoms with Gasteiger partial charge in [-0.1, -0.05) is 26.5 Å². The van der Waals surface area contributed by atoms with E-state index in [1.165, 1.54) is 24.3 Å². The van der Waals surface area contributed by atoms with E-state index in [1.54, 1.807) is 13.8 Å². The normalized spacial score (nSPS) is 48.4. The third kappa shape index (κ3) is 2.16. The second-order valence-electron chi connectivity index (χ2n) is 9.15. The van der Waals surface area contributed by atoms with Gasteiger partial charge in [0.1, 0.15) is 12.4 Å². The molecule has 0 saturated heterocycles. The van der Waals surface area contributed by atoms with Crippen LogP contribution in [0.1, 0.15) is 26.7 Å². The van der Waals surface area contributed by atoms with E-state index in [0.717, 1.165) is 0 Å². The van der Waals surface area contributed by atoms with Crippen LogP contribution in [0, 0.1) is 22.7 Å². The smallest absolute Gasteiger partial charge is 0.194 e. The van der Waals surface area contributed by atoms with E-state index < -0.39 is 57.5 Å². The molecule has 0 aliphatic heterocycles. The number of ketones is 2. The highest BCUT2D eigenvalue weighted by Gasteiger charge is 2.74. The third-order valence-electron chi connectivity index (χ3n) is 8.00. The van der Waals surface area contributed by atoms with Gasteiger partial charge in [-0.05, 0) is 42.6 Å². The van der Waals surface area contributed by atoms with Crippen LogP contribution in [0.5, 0.6) is 0 Å². The van der Waals surface area contributed by atoms with Crippen molar-refractivity contribution >= 4 is 23.2 Å².